The molecule has 0 saturated heterocycles. The predicted octanol–water partition coefficient (Wildman–Crippen LogP) is 5.84. The summed E-state index contributed by atoms with van der Waals surface area (Å²) in [6.07, 6.45) is 1.57. The minimum Gasteiger partial charge on any atom is -0.437 e. The molecule has 1 atom stereocenters. The van der Waals surface area contributed by atoms with Gasteiger partial charge in [-0.15, -0.1) is 5.10 Å². The predicted molar refractivity (Wildman–Crippen MR) is 131 cm³/mol. The molecule has 0 spiro atoms. The summed E-state index contributed by atoms with van der Waals surface area (Å²) in [4.78, 5) is 22.8. The Bertz CT molecular complexity index is 1830. The molecule has 35 heavy (non-hydrogen) atoms. The molecular formula is C27H15ClN4O3. The summed E-state index contributed by atoms with van der Waals surface area (Å²) in [5.74, 6) is 0.756. The van der Waals surface area contributed by atoms with Gasteiger partial charge in [0, 0.05) is 10.6 Å². The maximum atomic E-state index is 13.4. The molecular weight excluding hydrogens is 464 g/mol. The fourth-order valence-electron chi connectivity index (χ4n) is 4.66. The zero-order chi connectivity index (χ0) is 23.5. The molecule has 1 aliphatic heterocycles. The van der Waals surface area contributed by atoms with Gasteiger partial charge >= 0.3 is 5.63 Å². The zero-order valence-corrected chi connectivity index (χ0v) is 18.8. The number of nitrogens with zero attached hydrogens (tertiary/aromatic N) is 4. The number of benzene rings is 3. The van der Waals surface area contributed by atoms with E-state index in [-0.39, 0.29) is 0 Å². The quantitative estimate of drug-likeness (QED) is 0.290. The van der Waals surface area contributed by atoms with E-state index >= 15 is 0 Å². The summed E-state index contributed by atoms with van der Waals surface area (Å²) in [7, 11) is 0. The largest absolute Gasteiger partial charge is 0.437 e. The molecule has 0 saturated carbocycles. The van der Waals surface area contributed by atoms with E-state index in [0.717, 1.165) is 11.1 Å². The summed E-state index contributed by atoms with van der Waals surface area (Å²) < 4.78 is 13.6. The number of para-hydroxylation sites is 1. The molecule has 1 aliphatic rings. The van der Waals surface area contributed by atoms with Crippen molar-refractivity contribution in [2.75, 3.05) is 0 Å². The second-order valence-electron chi connectivity index (χ2n) is 8.25. The Morgan fingerprint density at radius 3 is 2.60 bits per heavy atom. The first-order chi connectivity index (χ1) is 17.2. The van der Waals surface area contributed by atoms with Crippen LogP contribution >= 0.6 is 11.6 Å². The number of rotatable bonds is 2. The normalized spacial score (nSPS) is 14.5. The molecule has 0 fully saturated rings. The Kier molecular flexibility index (Phi) is 4.28. The maximum absolute atomic E-state index is 13.4. The van der Waals surface area contributed by atoms with Gasteiger partial charge in [0.25, 0.3) is 0 Å². The lowest BCUT2D eigenvalue weighted by Crippen LogP contribution is -2.22. The number of halogens is 1. The lowest BCUT2D eigenvalue weighted by atomic mass is 9.84. The van der Waals surface area contributed by atoms with Crippen LogP contribution in [0.5, 0.6) is 11.6 Å². The van der Waals surface area contributed by atoms with E-state index in [2.05, 4.69) is 10.1 Å². The van der Waals surface area contributed by atoms with Crippen molar-refractivity contribution in [1.29, 1.82) is 0 Å². The molecule has 7 nitrogen and oxygen atoms in total. The van der Waals surface area contributed by atoms with Crippen molar-refractivity contribution in [3.63, 3.8) is 0 Å². The average Bonchev–Trinajstić information content (AvgIpc) is 3.33. The van der Waals surface area contributed by atoms with Crippen molar-refractivity contribution in [1.82, 2.24) is 19.6 Å². The van der Waals surface area contributed by atoms with Crippen LogP contribution < -0.4 is 10.4 Å². The summed E-state index contributed by atoms with van der Waals surface area (Å²) in [5, 5.41) is 5.86. The summed E-state index contributed by atoms with van der Waals surface area (Å²) in [6.45, 7) is 0. The van der Waals surface area contributed by atoms with E-state index in [1.165, 1.54) is 0 Å². The molecule has 4 heterocycles. The Labute approximate surface area is 203 Å². The number of hydrogen-bond acceptors (Lipinski definition) is 6. The van der Waals surface area contributed by atoms with Crippen LogP contribution in [0.2, 0.25) is 5.02 Å². The summed E-state index contributed by atoms with van der Waals surface area (Å²) in [5.41, 5.74) is 3.16. The van der Waals surface area contributed by atoms with Gasteiger partial charge in [0.1, 0.15) is 11.9 Å². The van der Waals surface area contributed by atoms with Gasteiger partial charge in [-0.3, -0.25) is 0 Å². The van der Waals surface area contributed by atoms with Gasteiger partial charge < -0.3 is 9.15 Å². The Morgan fingerprint density at radius 2 is 1.74 bits per heavy atom. The zero-order valence-electron chi connectivity index (χ0n) is 18.1. The highest BCUT2D eigenvalue weighted by molar-refractivity contribution is 6.30. The number of ether oxygens (including phenoxy) is 1. The van der Waals surface area contributed by atoms with Crippen LogP contribution in [-0.2, 0) is 0 Å². The second kappa shape index (κ2) is 7.51. The molecule has 0 bridgehead atoms. The molecule has 0 N–H and O–H groups in total. The van der Waals surface area contributed by atoms with Gasteiger partial charge in [0.2, 0.25) is 5.88 Å². The van der Waals surface area contributed by atoms with E-state index in [1.54, 1.807) is 23.0 Å². The first-order valence-electron chi connectivity index (χ1n) is 11.0. The van der Waals surface area contributed by atoms with Crippen LogP contribution in [-0.4, -0.2) is 19.6 Å². The smallest absolute Gasteiger partial charge is 0.344 e. The van der Waals surface area contributed by atoms with Crippen molar-refractivity contribution >= 4 is 28.2 Å². The highest BCUT2D eigenvalue weighted by Crippen LogP contribution is 2.49. The lowest BCUT2D eigenvalue weighted by Gasteiger charge is -2.27. The monoisotopic (exact) mass is 478 g/mol. The lowest BCUT2D eigenvalue weighted by molar-refractivity contribution is 0.422. The molecule has 0 aliphatic carbocycles. The molecule has 8 heteroatoms. The fraction of sp³-hybridized carbons (Fsp3) is 0.0370. The van der Waals surface area contributed by atoms with E-state index < -0.39 is 11.5 Å². The van der Waals surface area contributed by atoms with Crippen LogP contribution in [0.3, 0.4) is 0 Å². The van der Waals surface area contributed by atoms with Crippen LogP contribution in [0.4, 0.5) is 0 Å². The van der Waals surface area contributed by atoms with Gasteiger partial charge in [-0.1, -0.05) is 66.2 Å². The minimum absolute atomic E-state index is 0.359. The molecule has 3 aromatic carbocycles. The third-order valence-corrected chi connectivity index (χ3v) is 6.41. The SMILES string of the molecule is O=c1oc2ccccc2c2c1C(c1cccc(Cl)c1)c1c(ncn3nc(-c4ccccc4)nc13)O2. The van der Waals surface area contributed by atoms with Crippen molar-refractivity contribution in [3.05, 3.63) is 117 Å². The van der Waals surface area contributed by atoms with Gasteiger partial charge in [0.05, 0.1) is 22.4 Å². The molecule has 0 amide bonds. The van der Waals surface area contributed by atoms with E-state index in [1.807, 2.05) is 66.7 Å². The van der Waals surface area contributed by atoms with E-state index in [9.17, 15) is 4.79 Å². The first-order valence-corrected chi connectivity index (χ1v) is 11.3. The van der Waals surface area contributed by atoms with Crippen LogP contribution in [0, 0.1) is 0 Å². The molecule has 0 radical (unpaired) electrons. The van der Waals surface area contributed by atoms with Gasteiger partial charge in [-0.25, -0.2) is 19.3 Å². The van der Waals surface area contributed by atoms with Crippen molar-refractivity contribution < 1.29 is 9.15 Å². The Morgan fingerprint density at radius 1 is 0.914 bits per heavy atom. The van der Waals surface area contributed by atoms with E-state index in [0.29, 0.717) is 50.2 Å². The Balaban J connectivity index is 1.57. The van der Waals surface area contributed by atoms with E-state index in [4.69, 9.17) is 25.7 Å². The molecule has 168 valence electrons. The highest BCUT2D eigenvalue weighted by atomic mass is 35.5. The second-order valence-corrected chi connectivity index (χ2v) is 8.69. The van der Waals surface area contributed by atoms with Gasteiger partial charge in [-0.2, -0.15) is 0 Å². The standard InChI is InChI=1S/C27H15ClN4O3/c28-17-10-6-9-16(13-17)20-21-23(18-11-4-5-12-19(18)34-27(21)33)35-26-22(20)25-30-24(31-32(25)14-29-26)15-7-2-1-3-8-15/h1-14,20H. The molecule has 6 aromatic rings. The van der Waals surface area contributed by atoms with Crippen LogP contribution in [0.25, 0.3) is 28.0 Å². The topological polar surface area (TPSA) is 82.5 Å². The van der Waals surface area contributed by atoms with Gasteiger partial charge in [0.15, 0.2) is 17.2 Å². The first kappa shape index (κ1) is 19.9. The Hall–Kier alpha value is -4.49. The van der Waals surface area contributed by atoms with Crippen molar-refractivity contribution in [3.8, 4) is 23.0 Å². The molecule has 7 rings (SSSR count). The summed E-state index contributed by atoms with van der Waals surface area (Å²) in [6, 6.07) is 24.4. The molecule has 3 aromatic heterocycles. The van der Waals surface area contributed by atoms with Crippen LogP contribution in [0.1, 0.15) is 22.6 Å². The third kappa shape index (κ3) is 3.05. The number of fused-ring (bicyclic) bond motifs is 6. The maximum Gasteiger partial charge on any atom is 0.344 e. The fourth-order valence-corrected chi connectivity index (χ4v) is 4.86. The third-order valence-electron chi connectivity index (χ3n) is 6.18. The average molecular weight is 479 g/mol. The summed E-state index contributed by atoms with van der Waals surface area (Å²) >= 11 is 6.37. The van der Waals surface area contributed by atoms with Crippen molar-refractivity contribution in [2.24, 2.45) is 0 Å². The number of hydrogen-bond donors (Lipinski definition) is 0. The van der Waals surface area contributed by atoms with Gasteiger partial charge in [-0.05, 0) is 29.8 Å². The molecule has 1 unspecified atom stereocenters. The van der Waals surface area contributed by atoms with Crippen LogP contribution in [0.15, 0.2) is 94.4 Å². The highest BCUT2D eigenvalue weighted by Gasteiger charge is 2.37. The minimum atomic E-state index is -0.572. The van der Waals surface area contributed by atoms with Crippen molar-refractivity contribution in [2.45, 2.75) is 5.92 Å². The number of aromatic nitrogens is 4.